The van der Waals surface area contributed by atoms with Gasteiger partial charge in [0.05, 0.1) is 5.52 Å². The minimum Gasteiger partial charge on any atom is -0.310 e. The van der Waals surface area contributed by atoms with E-state index in [4.69, 9.17) is 0 Å². The van der Waals surface area contributed by atoms with Gasteiger partial charge in [-0.1, -0.05) is 12.5 Å². The lowest BCUT2D eigenvalue weighted by molar-refractivity contribution is 0.412. The van der Waals surface area contributed by atoms with Crippen LogP contribution in [0.15, 0.2) is 22.8 Å². The molecule has 1 fully saturated rings. The highest BCUT2D eigenvalue weighted by atomic mass is 79.9. The van der Waals surface area contributed by atoms with Crippen molar-refractivity contribution in [2.24, 2.45) is 7.05 Å². The number of aromatic nitrogens is 2. The zero-order valence-electron chi connectivity index (χ0n) is 9.91. The maximum Gasteiger partial charge on any atom is 0.135 e. The number of nitrogens with zero attached hydrogens (tertiary/aromatic N) is 2. The molecule has 1 aliphatic rings. The highest BCUT2D eigenvalue weighted by molar-refractivity contribution is 9.10. The van der Waals surface area contributed by atoms with E-state index in [9.17, 15) is 0 Å². The van der Waals surface area contributed by atoms with Gasteiger partial charge in [-0.15, -0.1) is 0 Å². The molecule has 3 rings (SSSR count). The summed E-state index contributed by atoms with van der Waals surface area (Å²) in [6, 6.07) is 7.16. The summed E-state index contributed by atoms with van der Waals surface area (Å²) in [5, 5.41) is 9.16. The van der Waals surface area contributed by atoms with Crippen LogP contribution in [0.3, 0.4) is 0 Å². The molecule has 0 radical (unpaired) electrons. The zero-order valence-corrected chi connectivity index (χ0v) is 11.5. The van der Waals surface area contributed by atoms with E-state index < -0.39 is 0 Å². The van der Waals surface area contributed by atoms with Crippen LogP contribution in [-0.2, 0) is 7.05 Å². The Morgan fingerprint density at radius 1 is 1.41 bits per heavy atom. The van der Waals surface area contributed by atoms with Gasteiger partial charge in [0.15, 0.2) is 0 Å². The molecule has 1 unspecified atom stereocenters. The minimum atomic E-state index is 0.516. The predicted octanol–water partition coefficient (Wildman–Crippen LogP) is 3.15. The van der Waals surface area contributed by atoms with Crippen LogP contribution in [0.2, 0.25) is 0 Å². The van der Waals surface area contributed by atoms with Gasteiger partial charge in [0.1, 0.15) is 4.60 Å². The number of nitrogens with one attached hydrogen (secondary N) is 1. The van der Waals surface area contributed by atoms with Gasteiger partial charge in [0.25, 0.3) is 0 Å². The molecular weight excluding hydrogens is 278 g/mol. The van der Waals surface area contributed by atoms with E-state index in [1.54, 1.807) is 0 Å². The summed E-state index contributed by atoms with van der Waals surface area (Å²) in [6.07, 6.45) is 3.87. The second-order valence-corrected chi connectivity index (χ2v) is 5.44. The van der Waals surface area contributed by atoms with E-state index in [1.165, 1.54) is 35.7 Å². The van der Waals surface area contributed by atoms with E-state index >= 15 is 0 Å². The Balaban J connectivity index is 2.03. The van der Waals surface area contributed by atoms with Crippen LogP contribution in [-0.4, -0.2) is 16.3 Å². The Hall–Kier alpha value is -0.870. The van der Waals surface area contributed by atoms with Gasteiger partial charge in [-0.25, -0.2) is 0 Å². The highest BCUT2D eigenvalue weighted by Crippen LogP contribution is 2.28. The first-order valence-corrected chi connectivity index (χ1v) is 6.90. The number of fused-ring (bicyclic) bond motifs is 1. The van der Waals surface area contributed by atoms with Gasteiger partial charge in [0, 0.05) is 18.5 Å². The van der Waals surface area contributed by atoms with Crippen LogP contribution in [0.1, 0.15) is 30.9 Å². The van der Waals surface area contributed by atoms with E-state index in [0.29, 0.717) is 6.04 Å². The number of aryl methyl sites for hydroxylation is 1. The van der Waals surface area contributed by atoms with Crippen molar-refractivity contribution in [2.45, 2.75) is 25.3 Å². The van der Waals surface area contributed by atoms with Gasteiger partial charge >= 0.3 is 0 Å². The third-order valence-corrected chi connectivity index (χ3v) is 4.13. The molecule has 1 saturated heterocycles. The zero-order chi connectivity index (χ0) is 11.8. The Kier molecular flexibility index (Phi) is 2.92. The molecule has 2 heterocycles. The molecule has 0 spiro atoms. The molecule has 1 atom stereocenters. The second kappa shape index (κ2) is 4.42. The fraction of sp³-hybridized carbons (Fsp3) is 0.462. The number of halogens is 1. The highest BCUT2D eigenvalue weighted by Gasteiger charge is 2.16. The van der Waals surface area contributed by atoms with E-state index in [0.717, 1.165) is 11.1 Å². The topological polar surface area (TPSA) is 29.9 Å². The molecule has 4 heteroatoms. The van der Waals surface area contributed by atoms with Crippen LogP contribution >= 0.6 is 15.9 Å². The summed E-state index contributed by atoms with van der Waals surface area (Å²) >= 11 is 3.49. The monoisotopic (exact) mass is 293 g/mol. The van der Waals surface area contributed by atoms with E-state index in [1.807, 2.05) is 11.7 Å². The second-order valence-electron chi connectivity index (χ2n) is 4.69. The molecule has 90 valence electrons. The Bertz CT molecular complexity index is 541. The first kappa shape index (κ1) is 11.2. The molecule has 1 N–H and O–H groups in total. The van der Waals surface area contributed by atoms with Crippen molar-refractivity contribution in [2.75, 3.05) is 6.54 Å². The van der Waals surface area contributed by atoms with Crippen LogP contribution in [0.25, 0.3) is 10.9 Å². The van der Waals surface area contributed by atoms with Gasteiger partial charge in [-0.05, 0) is 53.0 Å². The van der Waals surface area contributed by atoms with Crippen molar-refractivity contribution in [3.63, 3.8) is 0 Å². The molecular formula is C13H16BrN3. The van der Waals surface area contributed by atoms with Crippen molar-refractivity contribution in [1.82, 2.24) is 15.1 Å². The Morgan fingerprint density at radius 2 is 2.29 bits per heavy atom. The van der Waals surface area contributed by atoms with Crippen molar-refractivity contribution in [3.05, 3.63) is 28.4 Å². The molecule has 0 amide bonds. The number of hydrogen-bond donors (Lipinski definition) is 1. The number of benzene rings is 1. The molecule has 1 aromatic heterocycles. The van der Waals surface area contributed by atoms with Crippen LogP contribution in [0, 0.1) is 0 Å². The molecule has 0 bridgehead atoms. The van der Waals surface area contributed by atoms with Crippen molar-refractivity contribution >= 4 is 26.8 Å². The van der Waals surface area contributed by atoms with Crippen LogP contribution in [0.5, 0.6) is 0 Å². The van der Waals surface area contributed by atoms with Crippen molar-refractivity contribution in [1.29, 1.82) is 0 Å². The third-order valence-electron chi connectivity index (χ3n) is 3.54. The lowest BCUT2D eigenvalue weighted by Crippen LogP contribution is -2.26. The fourth-order valence-corrected chi connectivity index (χ4v) is 3.16. The van der Waals surface area contributed by atoms with E-state index in [2.05, 4.69) is 44.5 Å². The van der Waals surface area contributed by atoms with Gasteiger partial charge in [0.2, 0.25) is 0 Å². The van der Waals surface area contributed by atoms with Crippen molar-refractivity contribution < 1.29 is 0 Å². The maximum atomic E-state index is 4.39. The SMILES string of the molecule is Cn1nc(Br)c2ccc(C3CCCCN3)cc21. The van der Waals surface area contributed by atoms with Crippen LogP contribution in [0.4, 0.5) is 0 Å². The lowest BCUT2D eigenvalue weighted by atomic mass is 9.97. The third kappa shape index (κ3) is 2.00. The Morgan fingerprint density at radius 3 is 3.06 bits per heavy atom. The largest absolute Gasteiger partial charge is 0.310 e. The smallest absolute Gasteiger partial charge is 0.135 e. The van der Waals surface area contributed by atoms with Gasteiger partial charge in [-0.2, -0.15) is 5.10 Å². The average molecular weight is 294 g/mol. The summed E-state index contributed by atoms with van der Waals surface area (Å²) < 4.78 is 2.87. The number of piperidine rings is 1. The number of rotatable bonds is 1. The summed E-state index contributed by atoms with van der Waals surface area (Å²) in [7, 11) is 1.99. The first-order valence-electron chi connectivity index (χ1n) is 6.11. The molecule has 0 saturated carbocycles. The van der Waals surface area contributed by atoms with Gasteiger partial charge < -0.3 is 5.32 Å². The molecule has 3 nitrogen and oxygen atoms in total. The molecule has 17 heavy (non-hydrogen) atoms. The van der Waals surface area contributed by atoms with E-state index in [-0.39, 0.29) is 0 Å². The first-order chi connectivity index (χ1) is 8.25. The minimum absolute atomic E-state index is 0.516. The van der Waals surface area contributed by atoms with Crippen molar-refractivity contribution in [3.8, 4) is 0 Å². The molecule has 1 aromatic carbocycles. The quantitative estimate of drug-likeness (QED) is 0.875. The summed E-state index contributed by atoms with van der Waals surface area (Å²) in [5.74, 6) is 0. The molecule has 0 aliphatic carbocycles. The lowest BCUT2D eigenvalue weighted by Gasteiger charge is -2.23. The number of hydrogen-bond acceptors (Lipinski definition) is 2. The maximum absolute atomic E-state index is 4.39. The summed E-state index contributed by atoms with van der Waals surface area (Å²) in [4.78, 5) is 0. The van der Waals surface area contributed by atoms with Gasteiger partial charge in [-0.3, -0.25) is 4.68 Å². The Labute approximate surface area is 109 Å². The molecule has 2 aromatic rings. The predicted molar refractivity (Wildman–Crippen MR) is 73.0 cm³/mol. The average Bonchev–Trinajstić information content (AvgIpc) is 2.66. The summed E-state index contributed by atoms with van der Waals surface area (Å²) in [5.41, 5.74) is 2.58. The normalized spacial score (nSPS) is 20.9. The summed E-state index contributed by atoms with van der Waals surface area (Å²) in [6.45, 7) is 1.14. The molecule has 1 aliphatic heterocycles. The standard InChI is InChI=1S/C13H16BrN3/c1-17-12-8-9(11-4-2-3-7-15-11)5-6-10(12)13(14)16-17/h5-6,8,11,15H,2-4,7H2,1H3. The van der Waals surface area contributed by atoms with Crippen LogP contribution < -0.4 is 5.32 Å². The fourth-order valence-electron chi connectivity index (χ4n) is 2.58.